The molecule has 0 spiro atoms. The lowest BCUT2D eigenvalue weighted by Gasteiger charge is -2.42. The van der Waals surface area contributed by atoms with E-state index in [2.05, 4.69) is 32.7 Å². The van der Waals surface area contributed by atoms with Crippen LogP contribution in [-0.4, -0.2) is 55.4 Å². The quantitative estimate of drug-likeness (QED) is 0.216. The van der Waals surface area contributed by atoms with Crippen LogP contribution in [0.4, 0.5) is 0 Å². The lowest BCUT2D eigenvalue weighted by molar-refractivity contribution is -0.935. The Labute approximate surface area is 192 Å². The molecule has 0 aromatic carbocycles. The molecule has 1 unspecified atom stereocenters. The smallest absolute Gasteiger partial charge is 0.102 e. The molecular formula is C24H50BrNOS. The molecule has 1 saturated heterocycles. The molecule has 0 aliphatic carbocycles. The number of hydrogen-bond acceptors (Lipinski definition) is 2. The van der Waals surface area contributed by atoms with Gasteiger partial charge in [-0.15, -0.1) is 0 Å². The number of thioether (sulfide) groups is 1. The molecule has 1 aliphatic heterocycles. The number of halogens is 1. The Balaban J connectivity index is 0.00000729. The standard InChI is InChI=1S/C24H50NOS.BrH/c1-4-5-6-7-8-9-10-11-12-13-14-15-16-17-22-27-23-24(2)25(3)18-20-26-21-19-25;/h24H,4-23H2,1-3H3;1H/q+1;/p-1. The Morgan fingerprint density at radius 1 is 0.750 bits per heavy atom. The van der Waals surface area contributed by atoms with Gasteiger partial charge in [-0.2, -0.15) is 11.8 Å². The maximum Gasteiger partial charge on any atom is 0.102 e. The van der Waals surface area contributed by atoms with Gasteiger partial charge >= 0.3 is 0 Å². The summed E-state index contributed by atoms with van der Waals surface area (Å²) < 4.78 is 6.74. The molecule has 28 heavy (non-hydrogen) atoms. The van der Waals surface area contributed by atoms with Crippen molar-refractivity contribution in [3.8, 4) is 0 Å². The summed E-state index contributed by atoms with van der Waals surface area (Å²) in [6, 6.07) is 0.769. The van der Waals surface area contributed by atoms with Gasteiger partial charge in [0.05, 0.1) is 26.3 Å². The van der Waals surface area contributed by atoms with Gasteiger partial charge in [-0.25, -0.2) is 0 Å². The summed E-state index contributed by atoms with van der Waals surface area (Å²) in [5.41, 5.74) is 0. The lowest BCUT2D eigenvalue weighted by Crippen LogP contribution is -3.00. The molecule has 0 amide bonds. The summed E-state index contributed by atoms with van der Waals surface area (Å²) in [7, 11) is 2.42. The lowest BCUT2D eigenvalue weighted by atomic mass is 10.0. The van der Waals surface area contributed by atoms with E-state index in [1.807, 2.05) is 0 Å². The minimum absolute atomic E-state index is 0. The number of unbranched alkanes of at least 4 members (excludes halogenated alkanes) is 13. The van der Waals surface area contributed by atoms with E-state index in [0.717, 1.165) is 19.3 Å². The normalized spacial score (nSPS) is 17.2. The van der Waals surface area contributed by atoms with Gasteiger partial charge in [0.15, 0.2) is 0 Å². The third-order valence-electron chi connectivity index (χ3n) is 6.56. The van der Waals surface area contributed by atoms with E-state index in [9.17, 15) is 0 Å². The molecule has 0 saturated carbocycles. The van der Waals surface area contributed by atoms with Gasteiger partial charge in [-0.05, 0) is 19.1 Å². The van der Waals surface area contributed by atoms with Crippen LogP contribution < -0.4 is 17.0 Å². The van der Waals surface area contributed by atoms with Crippen LogP contribution in [0.25, 0.3) is 0 Å². The molecule has 0 aromatic rings. The fraction of sp³-hybridized carbons (Fsp3) is 1.00. The summed E-state index contributed by atoms with van der Waals surface area (Å²) in [5.74, 6) is 2.67. The average Bonchev–Trinajstić information content (AvgIpc) is 2.68. The second-order valence-electron chi connectivity index (χ2n) is 9.06. The summed E-state index contributed by atoms with van der Waals surface area (Å²) in [4.78, 5) is 0. The molecule has 170 valence electrons. The predicted molar refractivity (Wildman–Crippen MR) is 124 cm³/mol. The number of likely N-dealkylation sites (N-methyl/N-ethyl adjacent to an activating group) is 1. The second kappa shape index (κ2) is 19.7. The highest BCUT2D eigenvalue weighted by atomic mass is 79.9. The molecule has 2 nitrogen and oxygen atoms in total. The zero-order chi connectivity index (χ0) is 19.6. The molecule has 0 bridgehead atoms. The molecule has 0 radical (unpaired) electrons. The molecule has 1 rings (SSSR count). The summed E-state index contributed by atoms with van der Waals surface area (Å²) in [6.07, 6.45) is 20.4. The molecule has 0 aromatic heterocycles. The minimum Gasteiger partial charge on any atom is -1.00 e. The van der Waals surface area contributed by atoms with Crippen LogP contribution in [0.3, 0.4) is 0 Å². The number of quaternary nitrogens is 1. The first-order chi connectivity index (χ1) is 13.2. The van der Waals surface area contributed by atoms with Crippen molar-refractivity contribution < 1.29 is 26.2 Å². The van der Waals surface area contributed by atoms with E-state index >= 15 is 0 Å². The monoisotopic (exact) mass is 479 g/mol. The Kier molecular flexibility index (Phi) is 20.2. The number of rotatable bonds is 18. The van der Waals surface area contributed by atoms with E-state index in [4.69, 9.17) is 4.74 Å². The molecule has 1 aliphatic rings. The van der Waals surface area contributed by atoms with Crippen molar-refractivity contribution in [1.29, 1.82) is 0 Å². The Hall–Kier alpha value is 0.750. The van der Waals surface area contributed by atoms with Crippen LogP contribution in [0.5, 0.6) is 0 Å². The van der Waals surface area contributed by atoms with Crippen molar-refractivity contribution in [3.05, 3.63) is 0 Å². The van der Waals surface area contributed by atoms with Gasteiger partial charge in [0.2, 0.25) is 0 Å². The first-order valence-corrected chi connectivity index (χ1v) is 13.3. The van der Waals surface area contributed by atoms with E-state index in [0.29, 0.717) is 0 Å². The maximum atomic E-state index is 5.53. The Morgan fingerprint density at radius 3 is 1.64 bits per heavy atom. The van der Waals surface area contributed by atoms with Crippen molar-refractivity contribution in [3.63, 3.8) is 0 Å². The van der Waals surface area contributed by atoms with Gasteiger partial charge < -0.3 is 26.2 Å². The second-order valence-corrected chi connectivity index (χ2v) is 10.2. The number of nitrogens with zero attached hydrogens (tertiary/aromatic N) is 1. The van der Waals surface area contributed by atoms with Crippen molar-refractivity contribution in [2.45, 2.75) is 110 Å². The summed E-state index contributed by atoms with van der Waals surface area (Å²) >= 11 is 2.18. The first-order valence-electron chi connectivity index (χ1n) is 12.2. The van der Waals surface area contributed by atoms with Crippen LogP contribution in [0.2, 0.25) is 0 Å². The predicted octanol–water partition coefficient (Wildman–Crippen LogP) is 4.07. The first kappa shape index (κ1) is 28.8. The highest BCUT2D eigenvalue weighted by Gasteiger charge is 2.31. The zero-order valence-electron chi connectivity index (χ0n) is 19.4. The van der Waals surface area contributed by atoms with Crippen molar-refractivity contribution >= 4 is 11.8 Å². The highest BCUT2D eigenvalue weighted by molar-refractivity contribution is 7.99. The van der Waals surface area contributed by atoms with E-state index in [1.165, 1.54) is 119 Å². The van der Waals surface area contributed by atoms with E-state index < -0.39 is 0 Å². The van der Waals surface area contributed by atoms with Crippen LogP contribution >= 0.6 is 11.8 Å². The van der Waals surface area contributed by atoms with Crippen LogP contribution in [0.15, 0.2) is 0 Å². The molecule has 1 fully saturated rings. The SMILES string of the molecule is CCCCCCCCCCCCCCCCSCC(C)[N+]1(C)CCOCC1.[Br-]. The van der Waals surface area contributed by atoms with Gasteiger partial charge in [-0.1, -0.05) is 90.4 Å². The molecule has 1 atom stereocenters. The third-order valence-corrected chi connectivity index (χ3v) is 7.85. The van der Waals surface area contributed by atoms with Crippen LogP contribution in [0.1, 0.15) is 104 Å². The van der Waals surface area contributed by atoms with E-state index in [-0.39, 0.29) is 17.0 Å². The average molecular weight is 481 g/mol. The van der Waals surface area contributed by atoms with Crippen molar-refractivity contribution in [2.24, 2.45) is 0 Å². The maximum absolute atomic E-state index is 5.53. The topological polar surface area (TPSA) is 9.23 Å². The van der Waals surface area contributed by atoms with Crippen molar-refractivity contribution in [1.82, 2.24) is 0 Å². The zero-order valence-corrected chi connectivity index (χ0v) is 21.8. The van der Waals surface area contributed by atoms with Crippen LogP contribution in [-0.2, 0) is 4.74 Å². The van der Waals surface area contributed by atoms with E-state index in [1.54, 1.807) is 0 Å². The van der Waals surface area contributed by atoms with Crippen LogP contribution in [0, 0.1) is 0 Å². The third kappa shape index (κ3) is 14.7. The minimum atomic E-state index is 0. The molecule has 4 heteroatoms. The Bertz CT molecular complexity index is 324. The fourth-order valence-electron chi connectivity index (χ4n) is 4.03. The van der Waals surface area contributed by atoms with Crippen molar-refractivity contribution in [2.75, 3.05) is 44.9 Å². The molecule has 0 N–H and O–H groups in total. The number of hydrogen-bond donors (Lipinski definition) is 0. The van der Waals surface area contributed by atoms with Gasteiger partial charge in [0, 0.05) is 5.75 Å². The van der Waals surface area contributed by atoms with Gasteiger partial charge in [0.25, 0.3) is 0 Å². The molecule has 1 heterocycles. The number of ether oxygens (including phenoxy) is 1. The number of morpholine rings is 1. The highest BCUT2D eigenvalue weighted by Crippen LogP contribution is 2.19. The summed E-state index contributed by atoms with van der Waals surface area (Å²) in [6.45, 7) is 9.02. The summed E-state index contributed by atoms with van der Waals surface area (Å²) in [5, 5.41) is 0. The largest absolute Gasteiger partial charge is 1.00 e. The Morgan fingerprint density at radius 2 is 1.18 bits per heavy atom. The van der Waals surface area contributed by atoms with Gasteiger partial charge in [-0.3, -0.25) is 0 Å². The fourth-order valence-corrected chi connectivity index (χ4v) is 5.31. The van der Waals surface area contributed by atoms with Gasteiger partial charge in [0.1, 0.15) is 13.1 Å². The molecular weight excluding hydrogens is 430 g/mol.